The van der Waals surface area contributed by atoms with Crippen molar-refractivity contribution in [3.05, 3.63) is 75.0 Å². The number of halogens is 2. The fourth-order valence-electron chi connectivity index (χ4n) is 3.29. The van der Waals surface area contributed by atoms with Crippen LogP contribution in [0.5, 0.6) is 11.5 Å². The molecule has 0 spiro atoms. The van der Waals surface area contributed by atoms with Crippen molar-refractivity contribution < 1.29 is 25.2 Å². The Kier molecular flexibility index (Phi) is 11.1. The lowest BCUT2D eigenvalue weighted by atomic mass is 9.97. The highest BCUT2D eigenvalue weighted by Gasteiger charge is 2.18. The van der Waals surface area contributed by atoms with E-state index in [2.05, 4.69) is 12.7 Å². The van der Waals surface area contributed by atoms with E-state index in [0.717, 1.165) is 24.8 Å². The monoisotopic (exact) mass is 480 g/mol. The Hall–Kier alpha value is -1.98. The molecule has 5 nitrogen and oxygen atoms in total. The highest BCUT2D eigenvalue weighted by molar-refractivity contribution is 6.35. The number of aliphatic hydroxyl groups is 3. The van der Waals surface area contributed by atoms with Crippen LogP contribution < -0.4 is 4.74 Å². The average Bonchev–Trinajstić information content (AvgIpc) is 2.78. The summed E-state index contributed by atoms with van der Waals surface area (Å²) in [7, 11) is 0. The minimum atomic E-state index is -0.989. The molecule has 4 N–H and O–H groups in total. The van der Waals surface area contributed by atoms with Crippen molar-refractivity contribution in [2.75, 3.05) is 13.2 Å². The van der Waals surface area contributed by atoms with Gasteiger partial charge in [0.05, 0.1) is 23.8 Å². The predicted molar refractivity (Wildman–Crippen MR) is 127 cm³/mol. The standard InChI is InChI=1S/C25H30Cl2O5/c1-2-3-7-17(14-23(30)20-15-18(26)16-21(27)25(20)31)8-6-10-22(29)19-9-4-5-11-24(19)32-13-12-28/h4-6,9,11,15-16,22-23,28-31H,2-3,7,10,12-14H2,1H3/t8?,22-,23-/m1/s1. The zero-order valence-corrected chi connectivity index (χ0v) is 19.6. The number of hydrogen-bond donors (Lipinski definition) is 4. The number of rotatable bonds is 12. The number of ether oxygens (including phenoxy) is 1. The van der Waals surface area contributed by atoms with Crippen molar-refractivity contribution >= 4 is 23.2 Å². The molecule has 0 amide bonds. The second-order valence-corrected chi connectivity index (χ2v) is 8.31. The van der Waals surface area contributed by atoms with Crippen LogP contribution >= 0.6 is 23.2 Å². The maximum absolute atomic E-state index is 10.7. The van der Waals surface area contributed by atoms with Crippen molar-refractivity contribution in [2.24, 2.45) is 0 Å². The molecule has 2 aromatic rings. The summed E-state index contributed by atoms with van der Waals surface area (Å²) in [5.41, 5.74) is 4.98. The fourth-order valence-corrected chi connectivity index (χ4v) is 3.80. The van der Waals surface area contributed by atoms with E-state index in [9.17, 15) is 15.3 Å². The Balaban J connectivity index is 2.17. The lowest BCUT2D eigenvalue weighted by molar-refractivity contribution is 0.166. The molecule has 0 aromatic heterocycles. The molecular formula is C25H30Cl2O5. The third kappa shape index (κ3) is 7.86. The van der Waals surface area contributed by atoms with Crippen LogP contribution in [0.25, 0.3) is 0 Å². The van der Waals surface area contributed by atoms with Crippen molar-refractivity contribution in [1.82, 2.24) is 0 Å². The van der Waals surface area contributed by atoms with Gasteiger partial charge in [-0.25, -0.2) is 0 Å². The third-order valence-corrected chi connectivity index (χ3v) is 5.47. The Morgan fingerprint density at radius 2 is 1.88 bits per heavy atom. The number of unbranched alkanes of at least 4 members (excludes halogenated alkanes) is 1. The Morgan fingerprint density at radius 3 is 2.59 bits per heavy atom. The predicted octanol–water partition coefficient (Wildman–Crippen LogP) is 5.89. The van der Waals surface area contributed by atoms with Crippen molar-refractivity contribution in [1.29, 1.82) is 0 Å². The van der Waals surface area contributed by atoms with E-state index in [-0.39, 0.29) is 36.0 Å². The molecule has 0 saturated carbocycles. The first-order chi connectivity index (χ1) is 15.4. The third-order valence-electron chi connectivity index (χ3n) is 4.96. The van der Waals surface area contributed by atoms with Crippen LogP contribution in [0.2, 0.25) is 10.0 Å². The molecule has 0 bridgehead atoms. The van der Waals surface area contributed by atoms with Crippen LogP contribution in [0.1, 0.15) is 62.4 Å². The van der Waals surface area contributed by atoms with E-state index in [1.807, 2.05) is 6.07 Å². The number of aromatic hydroxyl groups is 1. The van der Waals surface area contributed by atoms with Gasteiger partial charge in [-0.1, -0.05) is 54.7 Å². The molecule has 0 aliphatic rings. The van der Waals surface area contributed by atoms with Crippen LogP contribution in [0.15, 0.2) is 53.8 Å². The molecule has 0 aliphatic carbocycles. The van der Waals surface area contributed by atoms with Gasteiger partial charge in [-0.15, -0.1) is 5.73 Å². The van der Waals surface area contributed by atoms with Crippen LogP contribution in [0.3, 0.4) is 0 Å². The summed E-state index contributed by atoms with van der Waals surface area (Å²) < 4.78 is 5.49. The van der Waals surface area contributed by atoms with Crippen LogP contribution in [0.4, 0.5) is 0 Å². The lowest BCUT2D eigenvalue weighted by Crippen LogP contribution is -2.06. The zero-order chi connectivity index (χ0) is 23.5. The van der Waals surface area contributed by atoms with E-state index in [1.54, 1.807) is 24.3 Å². The van der Waals surface area contributed by atoms with E-state index in [1.165, 1.54) is 12.1 Å². The van der Waals surface area contributed by atoms with Gasteiger partial charge in [0.1, 0.15) is 18.1 Å². The second-order valence-electron chi connectivity index (χ2n) is 7.46. The van der Waals surface area contributed by atoms with Crippen LogP contribution in [-0.4, -0.2) is 33.6 Å². The topological polar surface area (TPSA) is 90.2 Å². The van der Waals surface area contributed by atoms with Gasteiger partial charge in [0.15, 0.2) is 0 Å². The molecule has 0 saturated heterocycles. The Labute approximate surface area is 199 Å². The molecule has 2 atom stereocenters. The minimum absolute atomic E-state index is 0.0892. The van der Waals surface area contributed by atoms with E-state index >= 15 is 0 Å². The van der Waals surface area contributed by atoms with Gasteiger partial charge < -0.3 is 25.2 Å². The molecule has 174 valence electrons. The number of para-hydroxylation sites is 1. The van der Waals surface area contributed by atoms with Gasteiger partial charge in [-0.05, 0) is 42.7 Å². The summed E-state index contributed by atoms with van der Waals surface area (Å²) in [4.78, 5) is 0. The normalized spacial score (nSPS) is 12.7. The average molecular weight is 481 g/mol. The summed E-state index contributed by atoms with van der Waals surface area (Å²) in [5, 5.41) is 40.9. The first-order valence-electron chi connectivity index (χ1n) is 10.7. The maximum Gasteiger partial charge on any atom is 0.140 e. The van der Waals surface area contributed by atoms with Gasteiger partial charge in [-0.3, -0.25) is 0 Å². The first kappa shape index (κ1) is 26.3. The molecule has 2 rings (SSSR count). The number of phenolic OH excluding ortho intramolecular Hbond substituents is 1. The Morgan fingerprint density at radius 1 is 1.12 bits per heavy atom. The summed E-state index contributed by atoms with van der Waals surface area (Å²) >= 11 is 12.0. The first-order valence-corrected chi connectivity index (χ1v) is 11.4. The fraction of sp³-hybridized carbons (Fsp3) is 0.400. The number of benzene rings is 2. The number of hydrogen-bond acceptors (Lipinski definition) is 5. The van der Waals surface area contributed by atoms with Crippen molar-refractivity contribution in [3.8, 4) is 11.5 Å². The highest BCUT2D eigenvalue weighted by Crippen LogP contribution is 2.37. The van der Waals surface area contributed by atoms with Crippen LogP contribution in [-0.2, 0) is 0 Å². The van der Waals surface area contributed by atoms with Gasteiger partial charge in [0, 0.05) is 29.0 Å². The number of aliphatic hydroxyl groups excluding tert-OH is 3. The van der Waals surface area contributed by atoms with Gasteiger partial charge in [0.25, 0.3) is 0 Å². The molecule has 32 heavy (non-hydrogen) atoms. The summed E-state index contributed by atoms with van der Waals surface area (Å²) in [6.45, 7) is 2.12. The summed E-state index contributed by atoms with van der Waals surface area (Å²) in [6, 6.07) is 10.1. The molecule has 0 heterocycles. The molecule has 7 heteroatoms. The molecule has 0 unspecified atom stereocenters. The molecular weight excluding hydrogens is 451 g/mol. The minimum Gasteiger partial charge on any atom is -0.506 e. The van der Waals surface area contributed by atoms with E-state index in [0.29, 0.717) is 22.8 Å². The zero-order valence-electron chi connectivity index (χ0n) is 18.1. The summed E-state index contributed by atoms with van der Waals surface area (Å²) in [6.07, 6.45) is 3.15. The smallest absolute Gasteiger partial charge is 0.140 e. The van der Waals surface area contributed by atoms with Gasteiger partial charge >= 0.3 is 0 Å². The van der Waals surface area contributed by atoms with Crippen LogP contribution in [0, 0.1) is 0 Å². The quantitative estimate of drug-likeness (QED) is 0.284. The second kappa shape index (κ2) is 13.5. The molecule has 0 fully saturated rings. The SMILES string of the molecule is CCCCC(=C=CC[C@@H](O)c1ccccc1OCCO)C[C@@H](O)c1cc(Cl)cc(Cl)c1O. The van der Waals surface area contributed by atoms with E-state index < -0.39 is 12.2 Å². The van der Waals surface area contributed by atoms with Gasteiger partial charge in [0.2, 0.25) is 0 Å². The van der Waals surface area contributed by atoms with E-state index in [4.69, 9.17) is 33.0 Å². The molecule has 0 aliphatic heterocycles. The van der Waals surface area contributed by atoms with Crippen molar-refractivity contribution in [2.45, 2.75) is 51.2 Å². The maximum atomic E-state index is 10.7. The lowest BCUT2D eigenvalue weighted by Gasteiger charge is -2.16. The summed E-state index contributed by atoms with van der Waals surface area (Å²) in [5.74, 6) is 0.346. The van der Waals surface area contributed by atoms with Gasteiger partial charge in [-0.2, -0.15) is 0 Å². The molecule has 0 radical (unpaired) electrons. The molecule has 2 aromatic carbocycles. The van der Waals surface area contributed by atoms with Crippen molar-refractivity contribution in [3.63, 3.8) is 0 Å². The highest BCUT2D eigenvalue weighted by atomic mass is 35.5. The Bertz CT molecular complexity index is 938. The largest absolute Gasteiger partial charge is 0.506 e. The number of phenols is 1.